The lowest BCUT2D eigenvalue weighted by Gasteiger charge is -2.24. The second-order valence-corrected chi connectivity index (χ2v) is 8.63. The molecule has 2 heterocycles. The van der Waals surface area contributed by atoms with Gasteiger partial charge in [-0.2, -0.15) is 0 Å². The summed E-state index contributed by atoms with van der Waals surface area (Å²) in [6, 6.07) is 3.95. The van der Waals surface area contributed by atoms with Gasteiger partial charge in [0.15, 0.2) is 5.96 Å². The number of nitrogens with one attached hydrogen (secondary N) is 2. The number of aromatic nitrogens is 1. The summed E-state index contributed by atoms with van der Waals surface area (Å²) in [4.78, 5) is 24.7. The number of pyridine rings is 1. The van der Waals surface area contributed by atoms with Crippen LogP contribution in [-0.2, 0) is 4.79 Å². The fraction of sp³-hybridized carbons (Fsp3) is 0.667. The summed E-state index contributed by atoms with van der Waals surface area (Å²) in [5.41, 5.74) is 0. The molecule has 0 spiro atoms. The van der Waals surface area contributed by atoms with Crippen LogP contribution in [0, 0.1) is 5.92 Å². The molecule has 2 fully saturated rings. The summed E-state index contributed by atoms with van der Waals surface area (Å²) in [6.45, 7) is 2.75. The Morgan fingerprint density at radius 2 is 2.10 bits per heavy atom. The van der Waals surface area contributed by atoms with Crippen molar-refractivity contribution < 1.29 is 4.79 Å². The molecule has 0 aromatic carbocycles. The van der Waals surface area contributed by atoms with Gasteiger partial charge in [-0.25, -0.2) is 9.98 Å². The summed E-state index contributed by atoms with van der Waals surface area (Å²) in [5.74, 6) is 2.24. The van der Waals surface area contributed by atoms with Crippen LogP contribution in [0.15, 0.2) is 23.3 Å². The number of carbonyl (C=O) groups excluding carboxylic acids is 1. The number of carbonyl (C=O) groups is 1. The molecule has 2 aliphatic rings. The Bertz CT molecular complexity index is 704. The molecule has 1 saturated carbocycles. The molecule has 160 valence electrons. The van der Waals surface area contributed by atoms with E-state index in [4.69, 9.17) is 11.6 Å². The molecule has 0 radical (unpaired) electrons. The first-order valence-electron chi connectivity index (χ1n) is 10.6. The van der Waals surface area contributed by atoms with Crippen LogP contribution < -0.4 is 15.5 Å². The fourth-order valence-electron chi connectivity index (χ4n) is 3.95. The predicted octanol–water partition coefficient (Wildman–Crippen LogP) is 2.52. The maximum atomic E-state index is 12.0. The SMILES string of the molecule is CN(C)C(=O)CN=C(NCC1CCCCC1)NC1CCN(c2ncccc2Cl)C1. The first-order valence-corrected chi connectivity index (χ1v) is 11.0. The van der Waals surface area contributed by atoms with Gasteiger partial charge in [-0.3, -0.25) is 4.79 Å². The third kappa shape index (κ3) is 6.49. The van der Waals surface area contributed by atoms with Crippen molar-refractivity contribution in [3.8, 4) is 0 Å². The topological polar surface area (TPSA) is 72.9 Å². The van der Waals surface area contributed by atoms with Crippen LogP contribution in [0.2, 0.25) is 5.02 Å². The van der Waals surface area contributed by atoms with E-state index in [1.54, 1.807) is 25.2 Å². The quantitative estimate of drug-likeness (QED) is 0.546. The number of aliphatic imine (C=N–C) groups is 1. The number of anilines is 1. The van der Waals surface area contributed by atoms with Crippen LogP contribution >= 0.6 is 11.6 Å². The van der Waals surface area contributed by atoms with E-state index < -0.39 is 0 Å². The third-order valence-electron chi connectivity index (χ3n) is 5.72. The Morgan fingerprint density at radius 3 is 2.83 bits per heavy atom. The highest BCUT2D eigenvalue weighted by Crippen LogP contribution is 2.26. The molecule has 7 nitrogen and oxygen atoms in total. The summed E-state index contributed by atoms with van der Waals surface area (Å²) >= 11 is 6.30. The maximum Gasteiger partial charge on any atom is 0.243 e. The van der Waals surface area contributed by atoms with Crippen molar-refractivity contribution in [1.82, 2.24) is 20.5 Å². The number of halogens is 1. The Morgan fingerprint density at radius 1 is 1.31 bits per heavy atom. The highest BCUT2D eigenvalue weighted by Gasteiger charge is 2.26. The highest BCUT2D eigenvalue weighted by atomic mass is 35.5. The smallest absolute Gasteiger partial charge is 0.243 e. The minimum absolute atomic E-state index is 0.00270. The molecule has 1 aromatic rings. The van der Waals surface area contributed by atoms with Crippen LogP contribution in [-0.4, -0.2) is 68.1 Å². The van der Waals surface area contributed by atoms with E-state index in [0.717, 1.165) is 37.8 Å². The molecule has 1 atom stereocenters. The van der Waals surface area contributed by atoms with Gasteiger partial charge in [-0.1, -0.05) is 30.9 Å². The van der Waals surface area contributed by atoms with Gasteiger partial charge >= 0.3 is 0 Å². The van der Waals surface area contributed by atoms with Crippen LogP contribution in [0.1, 0.15) is 38.5 Å². The van der Waals surface area contributed by atoms with Crippen LogP contribution in [0.4, 0.5) is 5.82 Å². The molecule has 1 amide bonds. The lowest BCUT2D eigenvalue weighted by atomic mass is 9.89. The van der Waals surface area contributed by atoms with Crippen molar-refractivity contribution in [3.63, 3.8) is 0 Å². The van der Waals surface area contributed by atoms with E-state index in [1.807, 2.05) is 12.1 Å². The number of rotatable bonds is 6. The average molecular weight is 421 g/mol. The fourth-order valence-corrected chi connectivity index (χ4v) is 4.19. The molecule has 1 aliphatic heterocycles. The zero-order valence-electron chi connectivity index (χ0n) is 17.5. The number of amides is 1. The Hall–Kier alpha value is -2.02. The lowest BCUT2D eigenvalue weighted by molar-refractivity contribution is -0.127. The molecule has 8 heteroatoms. The van der Waals surface area contributed by atoms with Crippen molar-refractivity contribution in [2.45, 2.75) is 44.6 Å². The summed E-state index contributed by atoms with van der Waals surface area (Å²) in [5, 5.41) is 7.68. The third-order valence-corrected chi connectivity index (χ3v) is 6.02. The minimum Gasteiger partial charge on any atom is -0.356 e. The van der Waals surface area contributed by atoms with Crippen molar-refractivity contribution in [2.75, 3.05) is 45.2 Å². The summed E-state index contributed by atoms with van der Waals surface area (Å²) in [6.07, 6.45) is 9.26. The van der Waals surface area contributed by atoms with E-state index in [2.05, 4.69) is 25.5 Å². The second kappa shape index (κ2) is 10.7. The van der Waals surface area contributed by atoms with Crippen molar-refractivity contribution in [2.24, 2.45) is 10.9 Å². The molecular weight excluding hydrogens is 388 g/mol. The van der Waals surface area contributed by atoms with Gasteiger partial charge in [0.25, 0.3) is 0 Å². The molecule has 1 saturated heterocycles. The Labute approximate surface area is 178 Å². The van der Waals surface area contributed by atoms with Gasteiger partial charge in [0.05, 0.1) is 5.02 Å². The van der Waals surface area contributed by atoms with Crippen molar-refractivity contribution in [3.05, 3.63) is 23.4 Å². The average Bonchev–Trinajstić information content (AvgIpc) is 3.19. The molecule has 3 rings (SSSR count). The van der Waals surface area contributed by atoms with Gasteiger partial charge < -0.3 is 20.4 Å². The maximum absolute atomic E-state index is 12.0. The van der Waals surface area contributed by atoms with Gasteiger partial charge in [-0.15, -0.1) is 0 Å². The molecule has 0 bridgehead atoms. The van der Waals surface area contributed by atoms with Gasteiger partial charge in [-0.05, 0) is 37.3 Å². The standard InChI is InChI=1S/C21H33ClN6O/c1-27(2)19(29)14-25-21(24-13-16-7-4-3-5-8-16)26-17-10-12-28(15-17)20-18(22)9-6-11-23-20/h6,9,11,16-17H,3-5,7-8,10,12-15H2,1-2H3,(H2,24,25,26). The molecule has 29 heavy (non-hydrogen) atoms. The van der Waals surface area contributed by atoms with Crippen LogP contribution in [0.25, 0.3) is 0 Å². The summed E-state index contributed by atoms with van der Waals surface area (Å²) in [7, 11) is 3.51. The van der Waals surface area contributed by atoms with Gasteiger partial charge in [0, 0.05) is 46.0 Å². The number of likely N-dealkylation sites (N-methyl/N-ethyl adjacent to an activating group) is 1. The Balaban J connectivity index is 1.58. The number of hydrogen-bond donors (Lipinski definition) is 2. The van der Waals surface area contributed by atoms with E-state index in [-0.39, 0.29) is 18.5 Å². The molecule has 1 unspecified atom stereocenters. The second-order valence-electron chi connectivity index (χ2n) is 8.22. The van der Waals surface area contributed by atoms with E-state index in [1.165, 1.54) is 32.1 Å². The monoisotopic (exact) mass is 420 g/mol. The van der Waals surface area contributed by atoms with E-state index >= 15 is 0 Å². The van der Waals surface area contributed by atoms with E-state index in [0.29, 0.717) is 10.9 Å². The Kier molecular flexibility index (Phi) is 7.98. The first kappa shape index (κ1) is 21.7. The van der Waals surface area contributed by atoms with Gasteiger partial charge in [0.1, 0.15) is 12.4 Å². The predicted molar refractivity (Wildman–Crippen MR) is 119 cm³/mol. The van der Waals surface area contributed by atoms with Crippen molar-refractivity contribution >= 4 is 29.3 Å². The van der Waals surface area contributed by atoms with Gasteiger partial charge in [0.2, 0.25) is 5.91 Å². The number of nitrogens with zero attached hydrogens (tertiary/aromatic N) is 4. The lowest BCUT2D eigenvalue weighted by Crippen LogP contribution is -2.46. The molecular formula is C21H33ClN6O. The molecule has 2 N–H and O–H groups in total. The molecule has 1 aliphatic carbocycles. The zero-order valence-corrected chi connectivity index (χ0v) is 18.3. The number of guanidine groups is 1. The minimum atomic E-state index is -0.00270. The van der Waals surface area contributed by atoms with E-state index in [9.17, 15) is 4.79 Å². The highest BCUT2D eigenvalue weighted by molar-refractivity contribution is 6.32. The largest absolute Gasteiger partial charge is 0.356 e. The zero-order chi connectivity index (χ0) is 20.6. The van der Waals surface area contributed by atoms with Crippen LogP contribution in [0.3, 0.4) is 0 Å². The van der Waals surface area contributed by atoms with Crippen molar-refractivity contribution in [1.29, 1.82) is 0 Å². The number of hydrogen-bond acceptors (Lipinski definition) is 4. The summed E-state index contributed by atoms with van der Waals surface area (Å²) < 4.78 is 0. The molecule has 1 aromatic heterocycles. The first-order chi connectivity index (χ1) is 14.0. The normalized spacial score (nSPS) is 20.6. The van der Waals surface area contributed by atoms with Crippen LogP contribution in [0.5, 0.6) is 0 Å².